The van der Waals surface area contributed by atoms with Gasteiger partial charge in [0, 0.05) is 6.42 Å². The molecule has 0 aliphatic carbocycles. The summed E-state index contributed by atoms with van der Waals surface area (Å²) in [6.45, 7) is 5.42. The molecule has 1 amide bonds. The van der Waals surface area contributed by atoms with Crippen LogP contribution in [0.2, 0.25) is 0 Å². The highest BCUT2D eigenvalue weighted by atomic mass is 16.6. The lowest BCUT2D eigenvalue weighted by Gasteiger charge is -2.22. The lowest BCUT2D eigenvalue weighted by Crippen LogP contribution is -2.45. The van der Waals surface area contributed by atoms with E-state index in [1.165, 1.54) is 7.11 Å². The van der Waals surface area contributed by atoms with Crippen LogP contribution >= 0.6 is 0 Å². The summed E-state index contributed by atoms with van der Waals surface area (Å²) in [6.07, 6.45) is 4.72. The van der Waals surface area contributed by atoms with Gasteiger partial charge in [0.1, 0.15) is 24.0 Å². The van der Waals surface area contributed by atoms with Gasteiger partial charge < -0.3 is 19.5 Å². The van der Waals surface area contributed by atoms with Gasteiger partial charge in [-0.15, -0.1) is 6.42 Å². The number of alkyl carbamates (subject to hydrolysis) is 1. The van der Waals surface area contributed by atoms with Crippen LogP contribution in [0.3, 0.4) is 0 Å². The molecule has 6 nitrogen and oxygen atoms in total. The highest BCUT2D eigenvalue weighted by Gasteiger charge is 2.25. The van der Waals surface area contributed by atoms with E-state index >= 15 is 0 Å². The molecule has 1 N–H and O–H groups in total. The fourth-order valence-corrected chi connectivity index (χ4v) is 1.87. The van der Waals surface area contributed by atoms with E-state index in [0.29, 0.717) is 5.75 Å². The average Bonchev–Trinajstić information content (AvgIpc) is 2.51. The molecular weight excluding hydrogens is 310 g/mol. The minimum Gasteiger partial charge on any atom is -0.481 e. The first-order valence-electron chi connectivity index (χ1n) is 7.47. The number of terminal acetylenes is 1. The van der Waals surface area contributed by atoms with E-state index in [-0.39, 0.29) is 13.0 Å². The first-order chi connectivity index (χ1) is 11.2. The lowest BCUT2D eigenvalue weighted by molar-refractivity contribution is -0.143. The van der Waals surface area contributed by atoms with Crippen molar-refractivity contribution >= 4 is 12.1 Å². The Balaban J connectivity index is 2.74. The van der Waals surface area contributed by atoms with Gasteiger partial charge in [0.25, 0.3) is 0 Å². The van der Waals surface area contributed by atoms with Crippen LogP contribution in [0.15, 0.2) is 24.3 Å². The maximum Gasteiger partial charge on any atom is 0.408 e. The largest absolute Gasteiger partial charge is 0.481 e. The van der Waals surface area contributed by atoms with Crippen molar-refractivity contribution in [3.8, 4) is 18.1 Å². The number of methoxy groups -OCH3 is 1. The van der Waals surface area contributed by atoms with Crippen LogP contribution in [0, 0.1) is 12.3 Å². The Bertz CT molecular complexity index is 595. The Hall–Kier alpha value is -2.68. The molecule has 0 aliphatic rings. The first kappa shape index (κ1) is 19.4. The second kappa shape index (κ2) is 8.82. The fourth-order valence-electron chi connectivity index (χ4n) is 1.87. The van der Waals surface area contributed by atoms with Crippen LogP contribution in [0.5, 0.6) is 5.75 Å². The predicted octanol–water partition coefficient (Wildman–Crippen LogP) is 2.31. The van der Waals surface area contributed by atoms with E-state index in [0.717, 1.165) is 5.56 Å². The Morgan fingerprint density at radius 2 is 1.88 bits per heavy atom. The maximum atomic E-state index is 11.9. The van der Waals surface area contributed by atoms with Gasteiger partial charge in [-0.3, -0.25) is 0 Å². The van der Waals surface area contributed by atoms with E-state index in [1.807, 2.05) is 0 Å². The number of esters is 1. The summed E-state index contributed by atoms with van der Waals surface area (Å²) in [5.41, 5.74) is 0.176. The molecular formula is C18H23NO5. The molecule has 0 aromatic heterocycles. The predicted molar refractivity (Wildman–Crippen MR) is 89.6 cm³/mol. The number of amides is 1. The van der Waals surface area contributed by atoms with Crippen molar-refractivity contribution in [2.24, 2.45) is 0 Å². The molecule has 0 radical (unpaired) electrons. The number of nitrogens with one attached hydrogen (secondary N) is 1. The van der Waals surface area contributed by atoms with Crippen LogP contribution in [-0.2, 0) is 20.7 Å². The summed E-state index contributed by atoms with van der Waals surface area (Å²) in [5, 5.41) is 2.53. The van der Waals surface area contributed by atoms with Gasteiger partial charge in [0.2, 0.25) is 0 Å². The number of carbonyl (C=O) groups is 2. The monoisotopic (exact) mass is 333 g/mol. The quantitative estimate of drug-likeness (QED) is 0.639. The first-order valence-corrected chi connectivity index (χ1v) is 7.47. The standard InChI is InChI=1S/C18H23NO5/c1-6-11-23-14-9-7-13(8-10-14)12-15(16(20)22-5)19-17(21)24-18(2,3)4/h1,7-10,15H,11-12H2,2-5H3,(H,19,21)/t15-/m0/s1. The highest BCUT2D eigenvalue weighted by molar-refractivity contribution is 5.81. The third-order valence-corrected chi connectivity index (χ3v) is 2.86. The van der Waals surface area contributed by atoms with Crippen molar-refractivity contribution < 1.29 is 23.8 Å². The summed E-state index contributed by atoms with van der Waals surface area (Å²) in [5.74, 6) is 2.46. The molecule has 0 saturated carbocycles. The number of ether oxygens (including phenoxy) is 3. The molecule has 1 atom stereocenters. The molecule has 1 aromatic rings. The fraction of sp³-hybridized carbons (Fsp3) is 0.444. The van der Waals surface area contributed by atoms with Crippen molar-refractivity contribution in [3.05, 3.63) is 29.8 Å². The number of hydrogen-bond donors (Lipinski definition) is 1. The minimum absolute atomic E-state index is 0.185. The number of benzene rings is 1. The average molecular weight is 333 g/mol. The van der Waals surface area contributed by atoms with E-state index in [4.69, 9.17) is 20.6 Å². The smallest absolute Gasteiger partial charge is 0.408 e. The van der Waals surface area contributed by atoms with Crippen LogP contribution in [0.4, 0.5) is 4.79 Å². The summed E-state index contributed by atoms with van der Waals surface area (Å²) in [7, 11) is 1.27. The molecule has 24 heavy (non-hydrogen) atoms. The molecule has 1 aromatic carbocycles. The van der Waals surface area contributed by atoms with Gasteiger partial charge in [-0.05, 0) is 38.5 Å². The van der Waals surface area contributed by atoms with Gasteiger partial charge in [0.15, 0.2) is 0 Å². The van der Waals surface area contributed by atoms with Crippen LogP contribution in [-0.4, -0.2) is 37.4 Å². The maximum absolute atomic E-state index is 11.9. The number of rotatable bonds is 6. The second-order valence-corrected chi connectivity index (χ2v) is 6.06. The molecule has 0 bridgehead atoms. The number of hydrogen-bond acceptors (Lipinski definition) is 5. The number of carbonyl (C=O) groups excluding carboxylic acids is 2. The molecule has 0 fully saturated rings. The topological polar surface area (TPSA) is 73.9 Å². The van der Waals surface area contributed by atoms with Crippen LogP contribution in [0.1, 0.15) is 26.3 Å². The van der Waals surface area contributed by atoms with Crippen molar-refractivity contribution in [2.45, 2.75) is 38.8 Å². The van der Waals surface area contributed by atoms with E-state index in [1.54, 1.807) is 45.0 Å². The molecule has 0 saturated heterocycles. The molecule has 1 rings (SSSR count). The zero-order chi connectivity index (χ0) is 18.2. The molecule has 0 unspecified atom stereocenters. The normalized spacial score (nSPS) is 11.8. The van der Waals surface area contributed by atoms with Crippen LogP contribution in [0.25, 0.3) is 0 Å². The summed E-state index contributed by atoms with van der Waals surface area (Å²) >= 11 is 0. The Morgan fingerprint density at radius 1 is 1.25 bits per heavy atom. The van der Waals surface area contributed by atoms with Gasteiger partial charge in [-0.1, -0.05) is 18.1 Å². The van der Waals surface area contributed by atoms with E-state index in [9.17, 15) is 9.59 Å². The highest BCUT2D eigenvalue weighted by Crippen LogP contribution is 2.14. The van der Waals surface area contributed by atoms with Gasteiger partial charge in [-0.2, -0.15) is 0 Å². The minimum atomic E-state index is -0.845. The van der Waals surface area contributed by atoms with Crippen LogP contribution < -0.4 is 10.1 Å². The Labute approximate surface area is 142 Å². The molecule has 0 spiro atoms. The molecule has 6 heteroatoms. The third-order valence-electron chi connectivity index (χ3n) is 2.86. The zero-order valence-electron chi connectivity index (χ0n) is 14.4. The molecule has 0 heterocycles. The lowest BCUT2D eigenvalue weighted by atomic mass is 10.1. The second-order valence-electron chi connectivity index (χ2n) is 6.06. The summed E-state index contributed by atoms with van der Waals surface area (Å²) < 4.78 is 15.2. The van der Waals surface area contributed by atoms with Gasteiger partial charge >= 0.3 is 12.1 Å². The molecule has 0 aliphatic heterocycles. The Kier molecular flexibility index (Phi) is 7.12. The zero-order valence-corrected chi connectivity index (χ0v) is 14.4. The van der Waals surface area contributed by atoms with E-state index in [2.05, 4.69) is 11.2 Å². The van der Waals surface area contributed by atoms with Crippen molar-refractivity contribution in [3.63, 3.8) is 0 Å². The third kappa shape index (κ3) is 7.05. The van der Waals surface area contributed by atoms with Crippen molar-refractivity contribution in [2.75, 3.05) is 13.7 Å². The summed E-state index contributed by atoms with van der Waals surface area (Å²) in [4.78, 5) is 23.8. The van der Waals surface area contributed by atoms with Crippen molar-refractivity contribution in [1.82, 2.24) is 5.32 Å². The molecule has 130 valence electrons. The van der Waals surface area contributed by atoms with Gasteiger partial charge in [-0.25, -0.2) is 9.59 Å². The van der Waals surface area contributed by atoms with E-state index < -0.39 is 23.7 Å². The summed E-state index contributed by atoms with van der Waals surface area (Å²) in [6, 6.07) is 6.22. The van der Waals surface area contributed by atoms with Gasteiger partial charge in [0.05, 0.1) is 7.11 Å². The Morgan fingerprint density at radius 3 is 2.38 bits per heavy atom. The SMILES string of the molecule is C#CCOc1ccc(C[C@H](NC(=O)OC(C)(C)C)C(=O)OC)cc1. The van der Waals surface area contributed by atoms with Crippen molar-refractivity contribution in [1.29, 1.82) is 0 Å².